The van der Waals surface area contributed by atoms with Crippen LogP contribution in [0.3, 0.4) is 0 Å². The first-order valence-corrected chi connectivity index (χ1v) is 6.77. The summed E-state index contributed by atoms with van der Waals surface area (Å²) in [5, 5.41) is 9.25. The topological polar surface area (TPSA) is 101 Å². The summed E-state index contributed by atoms with van der Waals surface area (Å²) in [5.74, 6) is -1.33. The average Bonchev–Trinajstić information content (AvgIpc) is 2.26. The summed E-state index contributed by atoms with van der Waals surface area (Å²) in [7, 11) is 0. The normalized spacial score (nSPS) is 22.6. The van der Waals surface area contributed by atoms with Gasteiger partial charge in [-0.3, -0.25) is 14.4 Å². The molecule has 6 nitrogen and oxygen atoms in total. The van der Waals surface area contributed by atoms with Gasteiger partial charge in [0.25, 0.3) is 0 Å². The van der Waals surface area contributed by atoms with Crippen molar-refractivity contribution >= 4 is 17.8 Å². The highest BCUT2D eigenvalue weighted by atomic mass is 16.4. The first-order chi connectivity index (χ1) is 8.95. The zero-order chi connectivity index (χ0) is 14.0. The van der Waals surface area contributed by atoms with Crippen molar-refractivity contribution in [2.24, 2.45) is 17.1 Å². The number of primary amides is 1. The molecule has 106 valence electrons. The minimum atomic E-state index is -1.17. The lowest BCUT2D eigenvalue weighted by Crippen LogP contribution is -2.54. The van der Waals surface area contributed by atoms with Gasteiger partial charge in [0.05, 0.1) is 0 Å². The van der Waals surface area contributed by atoms with Crippen LogP contribution in [0.2, 0.25) is 0 Å². The van der Waals surface area contributed by atoms with Crippen LogP contribution >= 0.6 is 0 Å². The van der Waals surface area contributed by atoms with Gasteiger partial charge in [-0.15, -0.1) is 0 Å². The summed E-state index contributed by atoms with van der Waals surface area (Å²) in [4.78, 5) is 36.1. The Balaban J connectivity index is 1.92. The molecule has 1 saturated carbocycles. The molecule has 1 heterocycles. The average molecular weight is 268 g/mol. The molecule has 0 unspecified atom stereocenters. The highest BCUT2D eigenvalue weighted by molar-refractivity contribution is 6.02. The highest BCUT2D eigenvalue weighted by Crippen LogP contribution is 2.43. The highest BCUT2D eigenvalue weighted by Gasteiger charge is 2.53. The van der Waals surface area contributed by atoms with E-state index in [1.54, 1.807) is 4.90 Å². The Labute approximate surface area is 111 Å². The molecule has 3 N–H and O–H groups in total. The third kappa shape index (κ3) is 2.57. The van der Waals surface area contributed by atoms with E-state index in [0.717, 1.165) is 19.3 Å². The van der Waals surface area contributed by atoms with Crippen molar-refractivity contribution in [3.63, 3.8) is 0 Å². The number of nitrogens with zero attached hydrogens (tertiary/aromatic N) is 1. The molecule has 0 aromatic carbocycles. The van der Waals surface area contributed by atoms with Crippen LogP contribution in [0.25, 0.3) is 0 Å². The maximum Gasteiger partial charge on any atom is 0.319 e. The zero-order valence-electron chi connectivity index (χ0n) is 10.9. The number of likely N-dealkylation sites (tertiary alicyclic amines) is 1. The molecule has 0 radical (unpaired) electrons. The molecule has 2 fully saturated rings. The summed E-state index contributed by atoms with van der Waals surface area (Å²) in [6, 6.07) is 0. The summed E-state index contributed by atoms with van der Waals surface area (Å²) in [5.41, 5.74) is 3.99. The molecule has 2 aliphatic rings. The van der Waals surface area contributed by atoms with Gasteiger partial charge in [0.15, 0.2) is 0 Å². The summed E-state index contributed by atoms with van der Waals surface area (Å²) in [6.07, 6.45) is 3.50. The van der Waals surface area contributed by atoms with Gasteiger partial charge in [-0.2, -0.15) is 0 Å². The second kappa shape index (κ2) is 5.19. The molecule has 0 atom stereocenters. The molecular formula is C13H20N2O4. The maximum absolute atomic E-state index is 12.3. The van der Waals surface area contributed by atoms with Crippen LogP contribution in [-0.4, -0.2) is 40.9 Å². The van der Waals surface area contributed by atoms with Gasteiger partial charge in [-0.05, 0) is 31.6 Å². The number of piperidine rings is 1. The second-order valence-corrected chi connectivity index (χ2v) is 5.65. The minimum absolute atomic E-state index is 0.226. The van der Waals surface area contributed by atoms with E-state index >= 15 is 0 Å². The van der Waals surface area contributed by atoms with Gasteiger partial charge < -0.3 is 15.7 Å². The van der Waals surface area contributed by atoms with E-state index in [-0.39, 0.29) is 17.7 Å². The van der Waals surface area contributed by atoms with Crippen LogP contribution in [0, 0.1) is 11.3 Å². The Bertz CT molecular complexity index is 395. The van der Waals surface area contributed by atoms with Crippen molar-refractivity contribution in [3.8, 4) is 0 Å². The number of rotatable bonds is 4. The first-order valence-electron chi connectivity index (χ1n) is 6.77. The van der Waals surface area contributed by atoms with Crippen molar-refractivity contribution in [2.45, 2.75) is 38.5 Å². The van der Waals surface area contributed by atoms with Gasteiger partial charge in [-0.25, -0.2) is 0 Å². The third-order valence-corrected chi connectivity index (χ3v) is 4.42. The molecule has 19 heavy (non-hydrogen) atoms. The Morgan fingerprint density at radius 2 is 1.79 bits per heavy atom. The number of hydrogen-bond acceptors (Lipinski definition) is 3. The lowest BCUT2D eigenvalue weighted by Gasteiger charge is -2.42. The molecule has 1 aliphatic heterocycles. The van der Waals surface area contributed by atoms with E-state index in [1.807, 2.05) is 0 Å². The number of carbonyl (C=O) groups is 3. The van der Waals surface area contributed by atoms with E-state index in [0.29, 0.717) is 32.4 Å². The number of carboxylic acids is 1. The number of nitrogens with two attached hydrogens (primary N) is 1. The Kier molecular flexibility index (Phi) is 3.78. The van der Waals surface area contributed by atoms with Gasteiger partial charge in [0, 0.05) is 19.5 Å². The third-order valence-electron chi connectivity index (χ3n) is 4.42. The lowest BCUT2D eigenvalue weighted by atomic mass is 9.67. The van der Waals surface area contributed by atoms with Crippen molar-refractivity contribution in [1.29, 1.82) is 0 Å². The fourth-order valence-electron chi connectivity index (χ4n) is 2.98. The summed E-state index contributed by atoms with van der Waals surface area (Å²) < 4.78 is 0. The van der Waals surface area contributed by atoms with Crippen LogP contribution in [0.5, 0.6) is 0 Å². The molecule has 0 aromatic rings. The molecule has 0 bridgehead atoms. The predicted octanol–water partition coefficient (Wildman–Crippen LogP) is 0.355. The second-order valence-electron chi connectivity index (χ2n) is 5.65. The van der Waals surface area contributed by atoms with E-state index in [9.17, 15) is 19.5 Å². The fraction of sp³-hybridized carbons (Fsp3) is 0.769. The number of carboxylic acid groups (broad SMARTS) is 1. The number of carbonyl (C=O) groups excluding carboxylic acids is 2. The smallest absolute Gasteiger partial charge is 0.319 e. The Morgan fingerprint density at radius 3 is 2.16 bits per heavy atom. The van der Waals surface area contributed by atoms with Crippen LogP contribution in [0.1, 0.15) is 38.5 Å². The maximum atomic E-state index is 12.3. The quantitative estimate of drug-likeness (QED) is 0.718. The molecule has 1 saturated heterocycles. The van der Waals surface area contributed by atoms with Crippen molar-refractivity contribution in [3.05, 3.63) is 0 Å². The summed E-state index contributed by atoms with van der Waals surface area (Å²) in [6.45, 7) is 1.07. The van der Waals surface area contributed by atoms with E-state index in [4.69, 9.17) is 5.73 Å². The molecule has 2 rings (SSSR count). The molecule has 0 spiro atoms. The molecular weight excluding hydrogens is 248 g/mol. The van der Waals surface area contributed by atoms with Gasteiger partial charge in [-0.1, -0.05) is 6.42 Å². The van der Waals surface area contributed by atoms with Crippen LogP contribution in [0.15, 0.2) is 0 Å². The van der Waals surface area contributed by atoms with E-state index < -0.39 is 11.4 Å². The van der Waals surface area contributed by atoms with Gasteiger partial charge >= 0.3 is 5.97 Å². The standard InChI is InChI=1S/C13H20N2O4/c14-10(16)8-9-2-6-15(7-3-9)11(17)13(12(18)19)4-1-5-13/h9H,1-8H2,(H2,14,16)(H,18,19). The lowest BCUT2D eigenvalue weighted by molar-refractivity contribution is -0.168. The van der Waals surface area contributed by atoms with Crippen LogP contribution in [0.4, 0.5) is 0 Å². The van der Waals surface area contributed by atoms with Gasteiger partial charge in [0.2, 0.25) is 11.8 Å². The fourth-order valence-corrected chi connectivity index (χ4v) is 2.98. The Morgan fingerprint density at radius 1 is 1.21 bits per heavy atom. The van der Waals surface area contributed by atoms with Crippen molar-refractivity contribution in [2.75, 3.05) is 13.1 Å². The number of amides is 2. The van der Waals surface area contributed by atoms with Crippen LogP contribution < -0.4 is 5.73 Å². The van der Waals surface area contributed by atoms with Crippen molar-refractivity contribution in [1.82, 2.24) is 4.90 Å². The van der Waals surface area contributed by atoms with Crippen molar-refractivity contribution < 1.29 is 19.5 Å². The van der Waals surface area contributed by atoms with Gasteiger partial charge in [0.1, 0.15) is 5.41 Å². The van der Waals surface area contributed by atoms with Crippen LogP contribution in [-0.2, 0) is 14.4 Å². The van der Waals surface area contributed by atoms with E-state index in [2.05, 4.69) is 0 Å². The zero-order valence-corrected chi connectivity index (χ0v) is 10.9. The number of hydrogen-bond donors (Lipinski definition) is 2. The Hall–Kier alpha value is -1.59. The predicted molar refractivity (Wildman–Crippen MR) is 67.0 cm³/mol. The SMILES string of the molecule is NC(=O)CC1CCN(C(=O)C2(C(=O)O)CCC2)CC1. The molecule has 0 aromatic heterocycles. The number of aliphatic carboxylic acids is 1. The summed E-state index contributed by atoms with van der Waals surface area (Å²) >= 11 is 0. The first kappa shape index (κ1) is 13.8. The molecule has 2 amide bonds. The molecule has 6 heteroatoms. The monoisotopic (exact) mass is 268 g/mol. The minimum Gasteiger partial charge on any atom is -0.480 e. The van der Waals surface area contributed by atoms with E-state index in [1.165, 1.54) is 0 Å². The largest absolute Gasteiger partial charge is 0.480 e. The molecule has 1 aliphatic carbocycles.